The van der Waals surface area contributed by atoms with Gasteiger partial charge in [-0.1, -0.05) is 37.3 Å². The highest BCUT2D eigenvalue weighted by molar-refractivity contribution is 5.79. The molecule has 0 aromatic heterocycles. The third kappa shape index (κ3) is 6.01. The Kier molecular flexibility index (Phi) is 8.22. The van der Waals surface area contributed by atoms with Crippen LogP contribution in [0, 0.1) is 0 Å². The van der Waals surface area contributed by atoms with Crippen LogP contribution in [0.4, 0.5) is 0 Å². The molecule has 0 aliphatic carbocycles. The molecule has 1 aliphatic rings. The van der Waals surface area contributed by atoms with Gasteiger partial charge in [0.15, 0.2) is 5.96 Å². The molecule has 140 valence electrons. The molecular weight excluding hydrogens is 310 g/mol. The van der Waals surface area contributed by atoms with Gasteiger partial charge >= 0.3 is 0 Å². The zero-order valence-electron chi connectivity index (χ0n) is 16.3. The summed E-state index contributed by atoms with van der Waals surface area (Å²) >= 11 is 0. The van der Waals surface area contributed by atoms with Gasteiger partial charge in [-0.2, -0.15) is 0 Å². The molecule has 1 aromatic rings. The number of hydrogen-bond donors (Lipinski definition) is 2. The van der Waals surface area contributed by atoms with Crippen molar-refractivity contribution in [3.05, 3.63) is 35.9 Å². The van der Waals surface area contributed by atoms with E-state index in [9.17, 15) is 0 Å². The molecular formula is C20H35N5. The molecule has 0 amide bonds. The van der Waals surface area contributed by atoms with Crippen molar-refractivity contribution >= 4 is 5.96 Å². The Morgan fingerprint density at radius 1 is 1.24 bits per heavy atom. The highest BCUT2D eigenvalue weighted by Gasteiger charge is 2.22. The van der Waals surface area contributed by atoms with Crippen molar-refractivity contribution in [2.45, 2.75) is 38.8 Å². The molecule has 0 bridgehead atoms. The smallest absolute Gasteiger partial charge is 0.191 e. The molecule has 5 nitrogen and oxygen atoms in total. The number of rotatable bonds is 8. The SMILES string of the molecule is CCNC(=NCC(c1ccccc1)N(C)C)NCC1CCCN1CC. The van der Waals surface area contributed by atoms with Crippen molar-refractivity contribution in [3.63, 3.8) is 0 Å². The number of guanidine groups is 1. The van der Waals surface area contributed by atoms with Gasteiger partial charge in [0.2, 0.25) is 0 Å². The Morgan fingerprint density at radius 3 is 2.64 bits per heavy atom. The van der Waals surface area contributed by atoms with E-state index in [4.69, 9.17) is 4.99 Å². The Hall–Kier alpha value is -1.59. The molecule has 0 radical (unpaired) electrons. The molecule has 1 fully saturated rings. The van der Waals surface area contributed by atoms with Crippen LogP contribution in [0.25, 0.3) is 0 Å². The fraction of sp³-hybridized carbons (Fsp3) is 0.650. The van der Waals surface area contributed by atoms with E-state index in [2.05, 4.69) is 78.7 Å². The van der Waals surface area contributed by atoms with E-state index in [1.807, 2.05) is 0 Å². The van der Waals surface area contributed by atoms with Crippen molar-refractivity contribution in [2.24, 2.45) is 4.99 Å². The van der Waals surface area contributed by atoms with E-state index in [0.29, 0.717) is 6.04 Å². The van der Waals surface area contributed by atoms with Gasteiger partial charge in [0.25, 0.3) is 0 Å². The van der Waals surface area contributed by atoms with Gasteiger partial charge in [0.1, 0.15) is 0 Å². The van der Waals surface area contributed by atoms with Crippen molar-refractivity contribution in [1.29, 1.82) is 0 Å². The molecule has 1 aliphatic heterocycles. The van der Waals surface area contributed by atoms with Gasteiger partial charge in [-0.25, -0.2) is 0 Å². The Balaban J connectivity index is 1.97. The monoisotopic (exact) mass is 345 g/mol. The van der Waals surface area contributed by atoms with Crippen LogP contribution in [0.5, 0.6) is 0 Å². The van der Waals surface area contributed by atoms with Crippen LogP contribution in [0.3, 0.4) is 0 Å². The first-order valence-corrected chi connectivity index (χ1v) is 9.63. The van der Waals surface area contributed by atoms with Gasteiger partial charge in [0, 0.05) is 19.1 Å². The second kappa shape index (κ2) is 10.4. The molecule has 0 saturated carbocycles. The standard InChI is InChI=1S/C20H35N5/c1-5-21-20(22-15-18-13-10-14-25(18)6-2)23-16-19(24(3)4)17-11-8-7-9-12-17/h7-9,11-12,18-19H,5-6,10,13-16H2,1-4H3,(H2,21,22,23). The average Bonchev–Trinajstić information content (AvgIpc) is 3.08. The number of aliphatic imine (C=N–C) groups is 1. The van der Waals surface area contributed by atoms with E-state index in [0.717, 1.165) is 32.1 Å². The number of nitrogens with one attached hydrogen (secondary N) is 2. The van der Waals surface area contributed by atoms with Crippen LogP contribution >= 0.6 is 0 Å². The van der Waals surface area contributed by atoms with E-state index in [1.54, 1.807) is 0 Å². The maximum Gasteiger partial charge on any atom is 0.191 e. The van der Waals surface area contributed by atoms with Gasteiger partial charge in [0.05, 0.1) is 12.6 Å². The zero-order chi connectivity index (χ0) is 18.1. The second-order valence-electron chi connectivity index (χ2n) is 6.92. The first-order chi connectivity index (χ1) is 12.2. The normalized spacial score (nSPS) is 20.0. The Bertz CT molecular complexity index is 514. The lowest BCUT2D eigenvalue weighted by Crippen LogP contribution is -2.45. The number of hydrogen-bond acceptors (Lipinski definition) is 3. The molecule has 1 heterocycles. The molecule has 1 saturated heterocycles. The van der Waals surface area contributed by atoms with Crippen LogP contribution in [-0.4, -0.2) is 68.6 Å². The molecule has 0 spiro atoms. The molecule has 2 unspecified atom stereocenters. The molecule has 2 atom stereocenters. The first kappa shape index (κ1) is 19.7. The van der Waals surface area contributed by atoms with Gasteiger partial charge < -0.3 is 15.5 Å². The summed E-state index contributed by atoms with van der Waals surface area (Å²) < 4.78 is 0. The maximum atomic E-state index is 4.86. The third-order valence-electron chi connectivity index (χ3n) is 4.98. The van der Waals surface area contributed by atoms with Crippen molar-refractivity contribution in [2.75, 3.05) is 46.8 Å². The lowest BCUT2D eigenvalue weighted by atomic mass is 10.1. The van der Waals surface area contributed by atoms with Crippen LogP contribution in [0.15, 0.2) is 35.3 Å². The van der Waals surface area contributed by atoms with E-state index in [1.165, 1.54) is 24.9 Å². The summed E-state index contributed by atoms with van der Waals surface area (Å²) in [6.07, 6.45) is 2.59. The first-order valence-electron chi connectivity index (χ1n) is 9.63. The fourth-order valence-corrected chi connectivity index (χ4v) is 3.52. The average molecular weight is 346 g/mol. The Morgan fingerprint density at radius 2 is 2.00 bits per heavy atom. The summed E-state index contributed by atoms with van der Waals surface area (Å²) in [4.78, 5) is 9.65. The predicted molar refractivity (Wildman–Crippen MR) is 107 cm³/mol. The van der Waals surface area contributed by atoms with E-state index >= 15 is 0 Å². The highest BCUT2D eigenvalue weighted by Crippen LogP contribution is 2.18. The third-order valence-corrected chi connectivity index (χ3v) is 4.98. The minimum Gasteiger partial charge on any atom is -0.357 e. The van der Waals surface area contributed by atoms with Crippen LogP contribution < -0.4 is 10.6 Å². The number of benzene rings is 1. The largest absolute Gasteiger partial charge is 0.357 e. The molecule has 5 heteroatoms. The summed E-state index contributed by atoms with van der Waals surface area (Å²) in [5.74, 6) is 0.924. The lowest BCUT2D eigenvalue weighted by Gasteiger charge is -2.25. The van der Waals surface area contributed by atoms with Crippen LogP contribution in [-0.2, 0) is 0 Å². The predicted octanol–water partition coefficient (Wildman–Crippen LogP) is 2.33. The summed E-state index contributed by atoms with van der Waals surface area (Å²) in [7, 11) is 4.23. The van der Waals surface area contributed by atoms with Gasteiger partial charge in [-0.15, -0.1) is 0 Å². The minimum absolute atomic E-state index is 0.287. The van der Waals surface area contributed by atoms with E-state index < -0.39 is 0 Å². The molecule has 1 aromatic carbocycles. The summed E-state index contributed by atoms with van der Waals surface area (Å²) in [6, 6.07) is 11.5. The van der Waals surface area contributed by atoms with Crippen molar-refractivity contribution in [1.82, 2.24) is 20.4 Å². The number of likely N-dealkylation sites (N-methyl/N-ethyl adjacent to an activating group) is 2. The van der Waals surface area contributed by atoms with Crippen molar-refractivity contribution < 1.29 is 0 Å². The molecule has 25 heavy (non-hydrogen) atoms. The molecule has 2 rings (SSSR count). The fourth-order valence-electron chi connectivity index (χ4n) is 3.52. The highest BCUT2D eigenvalue weighted by atomic mass is 15.2. The number of likely N-dealkylation sites (tertiary alicyclic amines) is 1. The quantitative estimate of drug-likeness (QED) is 0.561. The van der Waals surface area contributed by atoms with Crippen LogP contribution in [0.2, 0.25) is 0 Å². The summed E-state index contributed by atoms with van der Waals surface area (Å²) in [6.45, 7) is 9.33. The minimum atomic E-state index is 0.287. The zero-order valence-corrected chi connectivity index (χ0v) is 16.3. The number of nitrogens with zero attached hydrogens (tertiary/aromatic N) is 3. The van der Waals surface area contributed by atoms with Gasteiger partial charge in [-0.3, -0.25) is 9.89 Å². The maximum absolute atomic E-state index is 4.86. The van der Waals surface area contributed by atoms with Crippen molar-refractivity contribution in [3.8, 4) is 0 Å². The lowest BCUT2D eigenvalue weighted by molar-refractivity contribution is 0.266. The molecule has 2 N–H and O–H groups in total. The second-order valence-corrected chi connectivity index (χ2v) is 6.92. The summed E-state index contributed by atoms with van der Waals surface area (Å²) in [5.41, 5.74) is 1.31. The van der Waals surface area contributed by atoms with Gasteiger partial charge in [-0.05, 0) is 52.5 Å². The summed E-state index contributed by atoms with van der Waals surface area (Å²) in [5, 5.41) is 6.94. The van der Waals surface area contributed by atoms with Crippen LogP contribution in [0.1, 0.15) is 38.3 Å². The Labute approximate surface area is 153 Å². The topological polar surface area (TPSA) is 42.9 Å². The van der Waals surface area contributed by atoms with E-state index in [-0.39, 0.29) is 6.04 Å².